The maximum Gasteiger partial charge on any atom is 0.347 e. The minimum absolute atomic E-state index is 0.0804. The average Bonchev–Trinajstić information content (AvgIpc) is 2.95. The summed E-state index contributed by atoms with van der Waals surface area (Å²) in [5.41, 5.74) is 1.41. The maximum absolute atomic E-state index is 12.0. The van der Waals surface area contributed by atoms with Gasteiger partial charge in [-0.05, 0) is 31.0 Å². The number of aryl methyl sites for hydroxylation is 1. The zero-order chi connectivity index (χ0) is 18.2. The van der Waals surface area contributed by atoms with E-state index in [2.05, 4.69) is 17.2 Å². The molecule has 0 saturated carbocycles. The Morgan fingerprint density at radius 2 is 2.00 bits per heavy atom. The smallest absolute Gasteiger partial charge is 0.347 e. The number of aromatic carboxylic acids is 1. The van der Waals surface area contributed by atoms with Crippen LogP contribution in [0, 0.1) is 6.92 Å². The highest BCUT2D eigenvalue weighted by Gasteiger charge is 2.15. The molecule has 0 unspecified atom stereocenters. The lowest BCUT2D eigenvalue weighted by Gasteiger charge is -2.07. The summed E-state index contributed by atoms with van der Waals surface area (Å²) >= 11 is 1.04. The van der Waals surface area contributed by atoms with Crippen molar-refractivity contribution in [1.82, 2.24) is 10.3 Å². The summed E-state index contributed by atoms with van der Waals surface area (Å²) in [4.78, 5) is 27.3. The first-order valence-electron chi connectivity index (χ1n) is 8.17. The standard InChI is InChI=1S/C18H22N2O4S/c1-3-4-9-24-14-7-5-13(6-8-14)11-19-15(21)10-16-20-12(2)17(25-16)18(22)23/h5-8H,3-4,9-11H2,1-2H3,(H,19,21)(H,22,23). The van der Waals surface area contributed by atoms with Crippen molar-refractivity contribution < 1.29 is 19.4 Å². The van der Waals surface area contributed by atoms with Crippen molar-refractivity contribution in [3.8, 4) is 5.75 Å². The zero-order valence-corrected chi connectivity index (χ0v) is 15.2. The number of unbranched alkanes of at least 4 members (excludes halogenated alkanes) is 1. The monoisotopic (exact) mass is 362 g/mol. The SMILES string of the molecule is CCCCOc1ccc(CNC(=O)Cc2nc(C)c(C(=O)O)s2)cc1. The molecule has 1 heterocycles. The molecule has 6 nitrogen and oxygen atoms in total. The van der Waals surface area contributed by atoms with Crippen LogP contribution >= 0.6 is 11.3 Å². The van der Waals surface area contributed by atoms with Gasteiger partial charge in [-0.3, -0.25) is 4.79 Å². The van der Waals surface area contributed by atoms with Crippen molar-refractivity contribution in [3.05, 3.63) is 45.4 Å². The summed E-state index contributed by atoms with van der Waals surface area (Å²) in [6, 6.07) is 7.61. The first-order chi connectivity index (χ1) is 12.0. The fourth-order valence-corrected chi connectivity index (χ4v) is 3.07. The number of benzene rings is 1. The lowest BCUT2D eigenvalue weighted by molar-refractivity contribution is -0.120. The summed E-state index contributed by atoms with van der Waals surface area (Å²) in [5.74, 6) is -0.375. The Morgan fingerprint density at radius 3 is 2.60 bits per heavy atom. The van der Waals surface area contributed by atoms with E-state index in [9.17, 15) is 9.59 Å². The quantitative estimate of drug-likeness (QED) is 0.669. The Kier molecular flexibility index (Phi) is 6.94. The first kappa shape index (κ1) is 18.9. The normalized spacial score (nSPS) is 10.5. The van der Waals surface area contributed by atoms with Gasteiger partial charge in [-0.15, -0.1) is 11.3 Å². The molecule has 2 rings (SSSR count). The Morgan fingerprint density at radius 1 is 1.28 bits per heavy atom. The van der Waals surface area contributed by atoms with Crippen LogP contribution in [0.25, 0.3) is 0 Å². The summed E-state index contributed by atoms with van der Waals surface area (Å²) in [7, 11) is 0. The fraction of sp³-hybridized carbons (Fsp3) is 0.389. The third-order valence-corrected chi connectivity index (χ3v) is 4.67. The van der Waals surface area contributed by atoms with Crippen molar-refractivity contribution >= 4 is 23.2 Å². The van der Waals surface area contributed by atoms with Crippen LogP contribution in [0.15, 0.2) is 24.3 Å². The number of carbonyl (C=O) groups is 2. The molecule has 0 aliphatic rings. The number of carbonyl (C=O) groups excluding carboxylic acids is 1. The number of nitrogens with zero attached hydrogens (tertiary/aromatic N) is 1. The molecule has 1 aromatic carbocycles. The first-order valence-corrected chi connectivity index (χ1v) is 8.99. The minimum atomic E-state index is -1.01. The molecule has 0 aliphatic heterocycles. The van der Waals surface area contributed by atoms with E-state index in [1.54, 1.807) is 6.92 Å². The second kappa shape index (κ2) is 9.17. The third kappa shape index (κ3) is 5.86. The second-order valence-corrected chi connectivity index (χ2v) is 6.71. The number of carboxylic acids is 1. The molecule has 0 aliphatic carbocycles. The van der Waals surface area contributed by atoms with Crippen LogP contribution in [0.1, 0.15) is 45.7 Å². The predicted molar refractivity (Wildman–Crippen MR) is 96.2 cm³/mol. The molecule has 2 N–H and O–H groups in total. The van der Waals surface area contributed by atoms with Crippen LogP contribution in [0.3, 0.4) is 0 Å². The van der Waals surface area contributed by atoms with Gasteiger partial charge < -0.3 is 15.2 Å². The van der Waals surface area contributed by atoms with Crippen LogP contribution in [0.5, 0.6) is 5.75 Å². The number of carboxylic acid groups (broad SMARTS) is 1. The fourth-order valence-electron chi connectivity index (χ4n) is 2.16. The van der Waals surface area contributed by atoms with Gasteiger partial charge in [0.15, 0.2) is 0 Å². The van der Waals surface area contributed by atoms with Gasteiger partial charge in [0, 0.05) is 6.54 Å². The number of ether oxygens (including phenoxy) is 1. The van der Waals surface area contributed by atoms with Crippen molar-refractivity contribution in [1.29, 1.82) is 0 Å². The summed E-state index contributed by atoms with van der Waals surface area (Å²) in [5, 5.41) is 12.3. The molecular formula is C18H22N2O4S. The second-order valence-electron chi connectivity index (χ2n) is 5.63. The van der Waals surface area contributed by atoms with Gasteiger partial charge in [0.25, 0.3) is 0 Å². The highest BCUT2D eigenvalue weighted by molar-refractivity contribution is 7.13. The zero-order valence-electron chi connectivity index (χ0n) is 14.4. The molecule has 25 heavy (non-hydrogen) atoms. The summed E-state index contributed by atoms with van der Waals surface area (Å²) in [6.07, 6.45) is 2.20. The highest BCUT2D eigenvalue weighted by Crippen LogP contribution is 2.18. The van der Waals surface area contributed by atoms with Gasteiger partial charge >= 0.3 is 5.97 Å². The van der Waals surface area contributed by atoms with E-state index >= 15 is 0 Å². The average molecular weight is 362 g/mol. The number of aromatic nitrogens is 1. The van der Waals surface area contributed by atoms with Crippen LogP contribution in [-0.4, -0.2) is 28.6 Å². The molecule has 7 heteroatoms. The molecule has 134 valence electrons. The third-order valence-electron chi connectivity index (χ3n) is 3.53. The Bertz CT molecular complexity index is 725. The van der Waals surface area contributed by atoms with Crippen LogP contribution in [-0.2, 0) is 17.8 Å². The molecule has 0 radical (unpaired) electrons. The van der Waals surface area contributed by atoms with Crippen LogP contribution in [0.2, 0.25) is 0 Å². The van der Waals surface area contributed by atoms with Crippen molar-refractivity contribution in [2.75, 3.05) is 6.61 Å². The van der Waals surface area contributed by atoms with Gasteiger partial charge in [-0.1, -0.05) is 25.5 Å². The van der Waals surface area contributed by atoms with Crippen LogP contribution in [0.4, 0.5) is 0 Å². The molecule has 0 spiro atoms. The predicted octanol–water partition coefficient (Wildman–Crippen LogP) is 3.19. The van der Waals surface area contributed by atoms with E-state index in [-0.39, 0.29) is 17.2 Å². The molecule has 1 aromatic heterocycles. The van der Waals surface area contributed by atoms with Gasteiger partial charge in [-0.2, -0.15) is 0 Å². The largest absolute Gasteiger partial charge is 0.494 e. The van der Waals surface area contributed by atoms with E-state index in [0.717, 1.165) is 35.5 Å². The number of nitrogens with one attached hydrogen (secondary N) is 1. The number of rotatable bonds is 9. The van der Waals surface area contributed by atoms with E-state index in [0.29, 0.717) is 23.9 Å². The Balaban J connectivity index is 1.81. The van der Waals surface area contributed by atoms with Gasteiger partial charge in [0.1, 0.15) is 15.6 Å². The number of hydrogen-bond donors (Lipinski definition) is 2. The Labute approximate surface area is 150 Å². The maximum atomic E-state index is 12.0. The van der Waals surface area contributed by atoms with Gasteiger partial charge in [0.05, 0.1) is 18.7 Å². The summed E-state index contributed by atoms with van der Waals surface area (Å²) < 4.78 is 5.60. The lowest BCUT2D eigenvalue weighted by atomic mass is 10.2. The van der Waals surface area contributed by atoms with Crippen molar-refractivity contribution in [2.24, 2.45) is 0 Å². The highest BCUT2D eigenvalue weighted by atomic mass is 32.1. The Hall–Kier alpha value is -2.41. The van der Waals surface area contributed by atoms with Gasteiger partial charge in [0.2, 0.25) is 5.91 Å². The van der Waals surface area contributed by atoms with E-state index in [1.165, 1.54) is 0 Å². The number of amides is 1. The molecule has 0 atom stereocenters. The number of thiazole rings is 1. The van der Waals surface area contributed by atoms with Crippen LogP contribution < -0.4 is 10.1 Å². The minimum Gasteiger partial charge on any atom is -0.494 e. The number of hydrogen-bond acceptors (Lipinski definition) is 5. The van der Waals surface area contributed by atoms with E-state index < -0.39 is 5.97 Å². The van der Waals surface area contributed by atoms with Crippen molar-refractivity contribution in [3.63, 3.8) is 0 Å². The molecule has 2 aromatic rings. The molecule has 0 fully saturated rings. The molecule has 0 saturated heterocycles. The molecule has 1 amide bonds. The molecule has 0 bridgehead atoms. The summed E-state index contributed by atoms with van der Waals surface area (Å²) in [6.45, 7) is 4.86. The topological polar surface area (TPSA) is 88.5 Å². The lowest BCUT2D eigenvalue weighted by Crippen LogP contribution is -2.24. The van der Waals surface area contributed by atoms with Crippen molar-refractivity contribution in [2.45, 2.75) is 39.7 Å². The van der Waals surface area contributed by atoms with Gasteiger partial charge in [-0.25, -0.2) is 9.78 Å². The van der Waals surface area contributed by atoms with E-state index in [1.807, 2.05) is 24.3 Å². The van der Waals surface area contributed by atoms with E-state index in [4.69, 9.17) is 9.84 Å². The molecular weight excluding hydrogens is 340 g/mol.